The first-order chi connectivity index (χ1) is 22.0. The molecule has 8 heteroatoms. The third-order valence-electron chi connectivity index (χ3n) is 6.60. The van der Waals surface area contributed by atoms with E-state index in [0.29, 0.717) is 19.3 Å². The van der Waals surface area contributed by atoms with E-state index in [1.807, 2.05) is 0 Å². The number of ketones is 3. The summed E-state index contributed by atoms with van der Waals surface area (Å²) in [5, 5.41) is 46.5. The summed E-state index contributed by atoms with van der Waals surface area (Å²) in [6, 6.07) is 26.3. The lowest BCUT2D eigenvalue weighted by atomic mass is 10.0. The number of phenolic OH excluding ortho intramolecular Hbond substituents is 4. The van der Waals surface area contributed by atoms with E-state index in [1.165, 1.54) is 30.4 Å². The summed E-state index contributed by atoms with van der Waals surface area (Å²) in [6.45, 7) is 0. The quantitative estimate of drug-likeness (QED) is 0.0462. The van der Waals surface area contributed by atoms with Gasteiger partial charge in [-0.1, -0.05) is 60.7 Å². The minimum absolute atomic E-state index is 0.113. The van der Waals surface area contributed by atoms with E-state index in [9.17, 15) is 39.9 Å². The molecule has 0 fully saturated rings. The monoisotopic (exact) mass is 620 g/mol. The van der Waals surface area contributed by atoms with Crippen molar-refractivity contribution in [3.05, 3.63) is 143 Å². The number of aliphatic hydroxyl groups excluding tert-OH is 1. The number of carbonyl (C=O) groups is 3. The van der Waals surface area contributed by atoms with E-state index in [1.54, 1.807) is 97.1 Å². The van der Waals surface area contributed by atoms with Crippen LogP contribution in [0.2, 0.25) is 0 Å². The zero-order valence-electron chi connectivity index (χ0n) is 25.1. The molecule has 0 aliphatic carbocycles. The third kappa shape index (κ3) is 13.6. The molecule has 0 saturated carbocycles. The lowest BCUT2D eigenvalue weighted by molar-refractivity contribution is -0.124. The molecule has 0 saturated heterocycles. The van der Waals surface area contributed by atoms with Crippen LogP contribution in [0.5, 0.6) is 23.0 Å². The summed E-state index contributed by atoms with van der Waals surface area (Å²) in [6.07, 6.45) is 8.83. The topological polar surface area (TPSA) is 152 Å². The molecular weight excluding hydrogens is 584 g/mol. The minimum Gasteiger partial charge on any atom is -0.508 e. The number of aromatic hydroxyl groups is 4. The lowest BCUT2D eigenvalue weighted by Gasteiger charge is -2.01. The fourth-order valence-electron chi connectivity index (χ4n) is 4.05. The molecule has 236 valence electrons. The maximum Gasteiger partial charge on any atom is 0.163 e. The van der Waals surface area contributed by atoms with Crippen molar-refractivity contribution in [2.75, 3.05) is 0 Å². The number of aryl methyl sites for hydroxylation is 2. The zero-order valence-corrected chi connectivity index (χ0v) is 25.1. The van der Waals surface area contributed by atoms with Gasteiger partial charge < -0.3 is 25.5 Å². The van der Waals surface area contributed by atoms with Gasteiger partial charge >= 0.3 is 0 Å². The summed E-state index contributed by atoms with van der Waals surface area (Å²) >= 11 is 0. The Morgan fingerprint density at radius 2 is 0.891 bits per heavy atom. The van der Waals surface area contributed by atoms with Gasteiger partial charge in [-0.3, -0.25) is 14.4 Å². The van der Waals surface area contributed by atoms with E-state index in [4.69, 9.17) is 0 Å². The van der Waals surface area contributed by atoms with Crippen molar-refractivity contribution in [3.63, 3.8) is 0 Å². The van der Waals surface area contributed by atoms with Crippen LogP contribution in [-0.2, 0) is 27.2 Å². The highest BCUT2D eigenvalue weighted by atomic mass is 16.3. The highest BCUT2D eigenvalue weighted by Gasteiger charge is 2.08. The van der Waals surface area contributed by atoms with Crippen molar-refractivity contribution in [2.24, 2.45) is 0 Å². The molecule has 0 spiro atoms. The molecule has 0 unspecified atom stereocenters. The second-order valence-corrected chi connectivity index (χ2v) is 10.4. The molecule has 8 nitrogen and oxygen atoms in total. The molecule has 4 aromatic rings. The highest BCUT2D eigenvalue weighted by molar-refractivity contribution is 6.06. The Labute approximate surface area is 267 Å². The molecule has 0 aliphatic heterocycles. The Kier molecular flexibility index (Phi) is 13.6. The molecule has 0 atom stereocenters. The Balaban J connectivity index is 0.000000250. The van der Waals surface area contributed by atoms with Gasteiger partial charge in [0.05, 0.1) is 6.42 Å². The SMILES string of the molecule is O=C(/C=C(O)/C=C/c1ccc(O)cc1)CCc1ccc(O)cc1.O=C(/C=C/c1ccc(O)cc1)CC(=O)CCc1ccc(O)cc1. The first-order valence-electron chi connectivity index (χ1n) is 14.5. The van der Waals surface area contributed by atoms with Crippen LogP contribution in [0.1, 0.15) is 41.5 Å². The third-order valence-corrected chi connectivity index (χ3v) is 6.60. The number of rotatable bonds is 13. The van der Waals surface area contributed by atoms with E-state index in [0.717, 1.165) is 22.3 Å². The van der Waals surface area contributed by atoms with Crippen molar-refractivity contribution in [1.82, 2.24) is 0 Å². The second-order valence-electron chi connectivity index (χ2n) is 10.4. The van der Waals surface area contributed by atoms with Gasteiger partial charge in [-0.2, -0.15) is 0 Å². The number of carbonyl (C=O) groups excluding carboxylic acids is 3. The highest BCUT2D eigenvalue weighted by Crippen LogP contribution is 2.15. The Morgan fingerprint density at radius 3 is 1.35 bits per heavy atom. The van der Waals surface area contributed by atoms with Crippen molar-refractivity contribution in [3.8, 4) is 23.0 Å². The second kappa shape index (κ2) is 18.0. The average Bonchev–Trinajstić information content (AvgIpc) is 3.04. The van der Waals surface area contributed by atoms with Crippen LogP contribution in [0.15, 0.2) is 121 Å². The molecule has 4 aromatic carbocycles. The van der Waals surface area contributed by atoms with Crippen molar-refractivity contribution in [1.29, 1.82) is 0 Å². The van der Waals surface area contributed by atoms with Crippen LogP contribution >= 0.6 is 0 Å². The fraction of sp³-hybridized carbons (Fsp3) is 0.132. The summed E-state index contributed by atoms with van der Waals surface area (Å²) in [5.41, 5.74) is 3.49. The van der Waals surface area contributed by atoms with Gasteiger partial charge in [-0.05, 0) is 95.8 Å². The molecule has 0 aliphatic rings. The molecule has 5 N–H and O–H groups in total. The zero-order chi connectivity index (χ0) is 33.3. The first kappa shape index (κ1) is 34.6. The summed E-state index contributed by atoms with van der Waals surface area (Å²) in [4.78, 5) is 35.4. The summed E-state index contributed by atoms with van der Waals surface area (Å²) in [5.74, 6) is 0.0720. The molecule has 46 heavy (non-hydrogen) atoms. The summed E-state index contributed by atoms with van der Waals surface area (Å²) in [7, 11) is 0. The normalized spacial score (nSPS) is 11.3. The van der Waals surface area contributed by atoms with Crippen LogP contribution in [-0.4, -0.2) is 42.9 Å². The average molecular weight is 621 g/mol. The molecule has 0 heterocycles. The number of Topliss-reactive ketones (excluding diaryl/α,β-unsaturated/α-hetero) is 1. The van der Waals surface area contributed by atoms with Gasteiger partial charge in [0, 0.05) is 18.9 Å². The molecule has 4 rings (SSSR count). The van der Waals surface area contributed by atoms with E-state index in [2.05, 4.69) is 0 Å². The van der Waals surface area contributed by atoms with Gasteiger partial charge in [-0.25, -0.2) is 0 Å². The lowest BCUT2D eigenvalue weighted by Crippen LogP contribution is -2.06. The maximum atomic E-state index is 11.8. The number of hydrogen-bond donors (Lipinski definition) is 5. The number of hydrogen-bond acceptors (Lipinski definition) is 8. The minimum atomic E-state index is -0.242. The predicted molar refractivity (Wildman–Crippen MR) is 177 cm³/mol. The number of allylic oxidation sites excluding steroid dienone is 3. The van der Waals surface area contributed by atoms with Gasteiger partial charge in [0.15, 0.2) is 11.6 Å². The fourth-order valence-corrected chi connectivity index (χ4v) is 4.05. The van der Waals surface area contributed by atoms with Crippen LogP contribution in [0.4, 0.5) is 0 Å². The Hall–Kier alpha value is -5.89. The summed E-state index contributed by atoms with van der Waals surface area (Å²) < 4.78 is 0. The van der Waals surface area contributed by atoms with E-state index >= 15 is 0 Å². The van der Waals surface area contributed by atoms with Crippen LogP contribution < -0.4 is 0 Å². The standard InChI is InChI=1S/2C19H18O4/c2*20-16-7-1-14(2-8-16)5-11-18(22)13-19(23)12-6-15-3-9-17(21)10-4-15/h1-5,7-11,20-21H,6,12-13H2;1-5,7-11,13,20-22H,6,12H2/b11-5+;11-5+,18-13-. The molecule has 0 bridgehead atoms. The first-order valence-corrected chi connectivity index (χ1v) is 14.5. The molecule has 0 radical (unpaired) electrons. The van der Waals surface area contributed by atoms with Crippen LogP contribution in [0.3, 0.4) is 0 Å². The van der Waals surface area contributed by atoms with Crippen LogP contribution in [0, 0.1) is 0 Å². The molecular formula is C38H36O8. The van der Waals surface area contributed by atoms with E-state index < -0.39 is 0 Å². The van der Waals surface area contributed by atoms with Crippen LogP contribution in [0.25, 0.3) is 12.2 Å². The van der Waals surface area contributed by atoms with Crippen molar-refractivity contribution >= 4 is 29.5 Å². The van der Waals surface area contributed by atoms with Gasteiger partial charge in [-0.15, -0.1) is 0 Å². The smallest absolute Gasteiger partial charge is 0.163 e. The largest absolute Gasteiger partial charge is 0.508 e. The van der Waals surface area contributed by atoms with Crippen molar-refractivity contribution in [2.45, 2.75) is 32.1 Å². The number of benzene rings is 4. The van der Waals surface area contributed by atoms with Gasteiger partial charge in [0.1, 0.15) is 34.5 Å². The number of phenols is 4. The molecule has 0 aromatic heterocycles. The van der Waals surface area contributed by atoms with E-state index in [-0.39, 0.29) is 58.9 Å². The Bertz CT molecular complexity index is 1660. The van der Waals surface area contributed by atoms with Crippen molar-refractivity contribution < 1.29 is 39.9 Å². The molecule has 0 amide bonds. The van der Waals surface area contributed by atoms with Gasteiger partial charge in [0.2, 0.25) is 0 Å². The predicted octanol–water partition coefficient (Wildman–Crippen LogP) is 7.03. The van der Waals surface area contributed by atoms with Gasteiger partial charge in [0.25, 0.3) is 0 Å². The maximum absolute atomic E-state index is 11.8. The Morgan fingerprint density at radius 1 is 0.500 bits per heavy atom. The number of aliphatic hydroxyl groups is 1.